The van der Waals surface area contributed by atoms with E-state index in [0.717, 1.165) is 17.0 Å². The van der Waals surface area contributed by atoms with E-state index < -0.39 is 34.1 Å². The van der Waals surface area contributed by atoms with Gasteiger partial charge in [-0.25, -0.2) is 0 Å². The topological polar surface area (TPSA) is 110 Å². The van der Waals surface area contributed by atoms with Crippen LogP contribution in [0.25, 0.3) is 0 Å². The minimum atomic E-state index is -0.997. The van der Waals surface area contributed by atoms with E-state index in [-0.39, 0.29) is 25.1 Å². The monoisotopic (exact) mass is 371 g/mol. The largest absolute Gasteiger partial charge is 0.326 e. The summed E-state index contributed by atoms with van der Waals surface area (Å²) in [5, 5.41) is 13.1. The minimum Gasteiger partial charge on any atom is -0.326 e. The first-order chi connectivity index (χ1) is 12.9. The lowest BCUT2D eigenvalue weighted by atomic mass is 10.1. The standard InChI is InChI=1S/C18H14FN3O5/c19-14-8-7-11(10-15(14)22(26)27)20-16(23)6-3-9-21-17(24)12-4-1-2-5-13(12)18(21)25/h1-2,4-5,7-8,10H,3,6,9H2,(H,20,23). The fraction of sp³-hybridized carbons (Fsp3) is 0.167. The predicted molar refractivity (Wildman–Crippen MR) is 92.7 cm³/mol. The van der Waals surface area contributed by atoms with Gasteiger partial charge in [0.05, 0.1) is 16.1 Å². The number of rotatable bonds is 6. The number of nitrogens with zero attached hydrogens (tertiary/aromatic N) is 2. The van der Waals surface area contributed by atoms with Gasteiger partial charge in [0.1, 0.15) is 0 Å². The van der Waals surface area contributed by atoms with Crippen LogP contribution in [0.15, 0.2) is 42.5 Å². The molecule has 0 spiro atoms. The number of imide groups is 1. The highest BCUT2D eigenvalue weighted by Gasteiger charge is 2.34. The van der Waals surface area contributed by atoms with Crippen LogP contribution in [0, 0.1) is 15.9 Å². The van der Waals surface area contributed by atoms with E-state index in [1.165, 1.54) is 6.07 Å². The quantitative estimate of drug-likeness (QED) is 0.477. The molecule has 0 radical (unpaired) electrons. The van der Waals surface area contributed by atoms with Crippen molar-refractivity contribution < 1.29 is 23.7 Å². The number of fused-ring (bicyclic) bond motifs is 1. The van der Waals surface area contributed by atoms with Crippen molar-refractivity contribution in [1.82, 2.24) is 4.90 Å². The third-order valence-electron chi connectivity index (χ3n) is 4.09. The maximum absolute atomic E-state index is 13.3. The molecule has 0 atom stereocenters. The molecule has 8 nitrogen and oxygen atoms in total. The maximum atomic E-state index is 13.3. The summed E-state index contributed by atoms with van der Waals surface area (Å²) in [7, 11) is 0. The summed E-state index contributed by atoms with van der Waals surface area (Å²) in [6.07, 6.45) is 0.208. The van der Waals surface area contributed by atoms with Gasteiger partial charge in [0.15, 0.2) is 0 Å². The molecule has 0 bridgehead atoms. The van der Waals surface area contributed by atoms with Crippen molar-refractivity contribution >= 4 is 29.1 Å². The van der Waals surface area contributed by atoms with E-state index in [0.29, 0.717) is 11.1 Å². The van der Waals surface area contributed by atoms with Crippen LogP contribution in [0.2, 0.25) is 0 Å². The number of hydrogen-bond donors (Lipinski definition) is 1. The zero-order chi connectivity index (χ0) is 19.6. The van der Waals surface area contributed by atoms with Crippen LogP contribution in [-0.4, -0.2) is 34.1 Å². The maximum Gasteiger partial charge on any atom is 0.306 e. The Balaban J connectivity index is 1.55. The van der Waals surface area contributed by atoms with E-state index in [2.05, 4.69) is 5.32 Å². The summed E-state index contributed by atoms with van der Waals surface area (Å²) >= 11 is 0. The highest BCUT2D eigenvalue weighted by atomic mass is 19.1. The zero-order valence-corrected chi connectivity index (χ0v) is 14.0. The summed E-state index contributed by atoms with van der Waals surface area (Å²) in [6, 6.07) is 9.52. The third kappa shape index (κ3) is 3.66. The smallest absolute Gasteiger partial charge is 0.306 e. The summed E-state index contributed by atoms with van der Waals surface area (Å²) in [4.78, 5) is 47.3. The number of hydrogen-bond acceptors (Lipinski definition) is 5. The number of benzene rings is 2. The Morgan fingerprint density at radius 3 is 2.33 bits per heavy atom. The average molecular weight is 371 g/mol. The molecule has 0 saturated carbocycles. The molecule has 138 valence electrons. The average Bonchev–Trinajstić information content (AvgIpc) is 2.88. The molecule has 1 aliphatic rings. The van der Waals surface area contributed by atoms with E-state index in [4.69, 9.17) is 0 Å². The molecule has 3 rings (SSSR count). The highest BCUT2D eigenvalue weighted by Crippen LogP contribution is 2.23. The number of halogens is 1. The molecule has 0 fully saturated rings. The normalized spacial score (nSPS) is 12.9. The third-order valence-corrected chi connectivity index (χ3v) is 4.09. The number of nitro groups is 1. The second-order valence-corrected chi connectivity index (χ2v) is 5.88. The molecule has 2 aromatic rings. The van der Waals surface area contributed by atoms with Crippen molar-refractivity contribution in [3.8, 4) is 0 Å². The van der Waals surface area contributed by atoms with Crippen molar-refractivity contribution in [2.75, 3.05) is 11.9 Å². The second kappa shape index (κ2) is 7.32. The first-order valence-corrected chi connectivity index (χ1v) is 8.07. The number of nitrogens with one attached hydrogen (secondary N) is 1. The van der Waals surface area contributed by atoms with Gasteiger partial charge in [0.25, 0.3) is 11.8 Å². The molecule has 0 aromatic heterocycles. The molecule has 27 heavy (non-hydrogen) atoms. The first-order valence-electron chi connectivity index (χ1n) is 8.07. The fourth-order valence-corrected chi connectivity index (χ4v) is 2.79. The van der Waals surface area contributed by atoms with Gasteiger partial charge in [0, 0.05) is 24.7 Å². The van der Waals surface area contributed by atoms with Crippen molar-refractivity contribution in [1.29, 1.82) is 0 Å². The molecular formula is C18H14FN3O5. The summed E-state index contributed by atoms with van der Waals surface area (Å²) in [6.45, 7) is 0.0728. The SMILES string of the molecule is O=C(CCCN1C(=O)c2ccccc2C1=O)Nc1ccc(F)c([N+](=O)[O-])c1. The van der Waals surface area contributed by atoms with Crippen molar-refractivity contribution in [2.45, 2.75) is 12.8 Å². The van der Waals surface area contributed by atoms with Crippen molar-refractivity contribution in [3.05, 3.63) is 69.5 Å². The van der Waals surface area contributed by atoms with E-state index in [1.54, 1.807) is 24.3 Å². The van der Waals surface area contributed by atoms with Gasteiger partial charge in [-0.3, -0.25) is 29.4 Å². The van der Waals surface area contributed by atoms with Crippen LogP contribution in [0.3, 0.4) is 0 Å². The number of carbonyl (C=O) groups excluding carboxylic acids is 3. The number of carbonyl (C=O) groups is 3. The molecular weight excluding hydrogens is 357 g/mol. The summed E-state index contributed by atoms with van der Waals surface area (Å²) in [5.41, 5.74) is 0.0313. The molecule has 0 saturated heterocycles. The Morgan fingerprint density at radius 2 is 1.74 bits per heavy atom. The Labute approximate surface area is 152 Å². The molecule has 1 aliphatic heterocycles. The second-order valence-electron chi connectivity index (χ2n) is 5.88. The van der Waals surface area contributed by atoms with Gasteiger partial charge >= 0.3 is 5.69 Å². The number of amides is 3. The lowest BCUT2D eigenvalue weighted by Crippen LogP contribution is -2.31. The van der Waals surface area contributed by atoms with Gasteiger partial charge in [-0.05, 0) is 30.7 Å². The van der Waals surface area contributed by atoms with Gasteiger partial charge in [-0.2, -0.15) is 4.39 Å². The molecule has 3 amide bonds. The number of anilines is 1. The molecule has 1 N–H and O–H groups in total. The van der Waals surface area contributed by atoms with Crippen molar-refractivity contribution in [3.63, 3.8) is 0 Å². The summed E-state index contributed by atoms with van der Waals surface area (Å²) < 4.78 is 13.3. The van der Waals surface area contributed by atoms with Gasteiger partial charge in [0.2, 0.25) is 11.7 Å². The van der Waals surface area contributed by atoms with Crippen LogP contribution in [0.5, 0.6) is 0 Å². The van der Waals surface area contributed by atoms with Crippen LogP contribution in [0.1, 0.15) is 33.6 Å². The highest BCUT2D eigenvalue weighted by molar-refractivity contribution is 6.21. The van der Waals surface area contributed by atoms with Gasteiger partial charge < -0.3 is 5.32 Å². The van der Waals surface area contributed by atoms with E-state index in [9.17, 15) is 28.9 Å². The Bertz CT molecular complexity index is 925. The lowest BCUT2D eigenvalue weighted by Gasteiger charge is -2.13. The summed E-state index contributed by atoms with van der Waals surface area (Å²) in [5.74, 6) is -2.26. The van der Waals surface area contributed by atoms with E-state index >= 15 is 0 Å². The van der Waals surface area contributed by atoms with Crippen LogP contribution in [0.4, 0.5) is 15.8 Å². The lowest BCUT2D eigenvalue weighted by molar-refractivity contribution is -0.387. The van der Waals surface area contributed by atoms with Crippen LogP contribution in [-0.2, 0) is 4.79 Å². The van der Waals surface area contributed by atoms with Crippen molar-refractivity contribution in [2.24, 2.45) is 0 Å². The van der Waals surface area contributed by atoms with Gasteiger partial charge in [-0.15, -0.1) is 0 Å². The Hall–Kier alpha value is -3.62. The zero-order valence-electron chi connectivity index (χ0n) is 14.0. The molecule has 0 aliphatic carbocycles. The first kappa shape index (κ1) is 18.2. The molecule has 1 heterocycles. The van der Waals surface area contributed by atoms with Crippen LogP contribution >= 0.6 is 0 Å². The van der Waals surface area contributed by atoms with E-state index in [1.807, 2.05) is 0 Å². The Morgan fingerprint density at radius 1 is 1.11 bits per heavy atom. The van der Waals surface area contributed by atoms with Gasteiger partial charge in [-0.1, -0.05) is 12.1 Å². The van der Waals surface area contributed by atoms with Crippen LogP contribution < -0.4 is 5.32 Å². The molecule has 0 unspecified atom stereocenters. The Kier molecular flexibility index (Phi) is 4.93. The predicted octanol–water partition coefficient (Wildman–Crippen LogP) is 2.75. The molecule has 2 aromatic carbocycles. The number of nitro benzene ring substituents is 1. The minimum absolute atomic E-state index is 0.0153. The fourth-order valence-electron chi connectivity index (χ4n) is 2.79. The molecule has 9 heteroatoms.